The molecule has 0 aliphatic carbocycles. The molecule has 10 heteroatoms. The molecule has 1 aliphatic rings. The van der Waals surface area contributed by atoms with E-state index in [0.29, 0.717) is 30.1 Å². The summed E-state index contributed by atoms with van der Waals surface area (Å²) in [7, 11) is 1.98. The number of amides is 2. The molecule has 4 atom stereocenters. The molecular weight excluding hydrogens is 556 g/mol. The van der Waals surface area contributed by atoms with Crippen LogP contribution in [0.15, 0.2) is 78.9 Å². The summed E-state index contributed by atoms with van der Waals surface area (Å²) in [6, 6.07) is 23.5. The highest BCUT2D eigenvalue weighted by Gasteiger charge is 2.49. The lowest BCUT2D eigenvalue weighted by Gasteiger charge is -2.27. The van der Waals surface area contributed by atoms with Crippen LogP contribution in [0.3, 0.4) is 0 Å². The highest BCUT2D eigenvalue weighted by atomic mass is 35.5. The molecule has 2 amide bonds. The summed E-state index contributed by atoms with van der Waals surface area (Å²) < 4.78 is 0. The molecule has 4 rings (SSSR count). The molecule has 0 unspecified atom stereocenters. The SMILES string of the molecule is C[C@@H](O)[C@H]1[C@@H](CO)ON(Cc2cccc(CNC(=O)c3ccccc3)c2)[C@H]1C(=O)NCCCN(C)c1ccc(Cl)cc1. The minimum Gasteiger partial charge on any atom is -0.394 e. The van der Waals surface area contributed by atoms with Crippen LogP contribution in [0.5, 0.6) is 0 Å². The van der Waals surface area contributed by atoms with Gasteiger partial charge in [-0.1, -0.05) is 54.1 Å². The van der Waals surface area contributed by atoms with Crippen LogP contribution in [0.25, 0.3) is 0 Å². The fraction of sp³-hybridized carbons (Fsp3) is 0.375. The number of hydrogen-bond acceptors (Lipinski definition) is 7. The minimum atomic E-state index is -0.876. The van der Waals surface area contributed by atoms with E-state index in [9.17, 15) is 19.8 Å². The molecule has 9 nitrogen and oxygen atoms in total. The Balaban J connectivity index is 1.37. The van der Waals surface area contributed by atoms with Crippen molar-refractivity contribution < 1.29 is 24.6 Å². The normalized spacial score (nSPS) is 19.3. The third kappa shape index (κ3) is 8.30. The van der Waals surface area contributed by atoms with Crippen molar-refractivity contribution in [3.05, 3.63) is 101 Å². The van der Waals surface area contributed by atoms with Gasteiger partial charge in [-0.05, 0) is 60.9 Å². The molecule has 3 aromatic carbocycles. The van der Waals surface area contributed by atoms with Crippen LogP contribution in [0.4, 0.5) is 5.69 Å². The van der Waals surface area contributed by atoms with Crippen molar-refractivity contribution >= 4 is 29.1 Å². The predicted molar refractivity (Wildman–Crippen MR) is 163 cm³/mol. The second-order valence-corrected chi connectivity index (χ2v) is 11.0. The summed E-state index contributed by atoms with van der Waals surface area (Å²) in [6.07, 6.45) is -0.888. The first-order valence-electron chi connectivity index (χ1n) is 14.1. The number of aliphatic hydroxyl groups excluding tert-OH is 2. The molecular formula is C32H39ClN4O5. The first-order valence-corrected chi connectivity index (χ1v) is 14.5. The van der Waals surface area contributed by atoms with E-state index in [1.807, 2.05) is 73.8 Å². The molecule has 0 saturated carbocycles. The molecule has 0 aromatic heterocycles. The number of rotatable bonds is 13. The van der Waals surface area contributed by atoms with Gasteiger partial charge in [-0.2, -0.15) is 5.06 Å². The lowest BCUT2D eigenvalue weighted by Crippen LogP contribution is -2.49. The second-order valence-electron chi connectivity index (χ2n) is 10.6. The zero-order chi connectivity index (χ0) is 30.1. The Morgan fingerprint density at radius 3 is 2.43 bits per heavy atom. The number of halogens is 1. The summed E-state index contributed by atoms with van der Waals surface area (Å²) in [5.74, 6) is -1.04. The fourth-order valence-corrected chi connectivity index (χ4v) is 5.35. The molecule has 3 aromatic rings. The number of hydrogen-bond donors (Lipinski definition) is 4. The molecule has 42 heavy (non-hydrogen) atoms. The van der Waals surface area contributed by atoms with Crippen molar-refractivity contribution in [3.63, 3.8) is 0 Å². The molecule has 1 heterocycles. The number of anilines is 1. The van der Waals surface area contributed by atoms with E-state index in [0.717, 1.165) is 23.4 Å². The van der Waals surface area contributed by atoms with Crippen LogP contribution in [-0.4, -0.2) is 72.1 Å². The van der Waals surface area contributed by atoms with Crippen LogP contribution in [0.1, 0.15) is 34.8 Å². The molecule has 1 fully saturated rings. The van der Waals surface area contributed by atoms with Crippen LogP contribution >= 0.6 is 11.6 Å². The topological polar surface area (TPSA) is 114 Å². The van der Waals surface area contributed by atoms with E-state index in [1.165, 1.54) is 0 Å². The van der Waals surface area contributed by atoms with Crippen molar-refractivity contribution in [1.82, 2.24) is 15.7 Å². The molecule has 1 aliphatic heterocycles. The van der Waals surface area contributed by atoms with Gasteiger partial charge in [-0.25, -0.2) is 0 Å². The standard InChI is InChI=1S/C32H39ClN4O5/c1-22(39)29-28(21-38)42-37(30(29)32(41)34-16-7-17-36(2)27-14-12-26(33)13-15-27)20-24-9-6-8-23(18-24)19-35-31(40)25-10-4-3-5-11-25/h3-6,8-15,18,22,28-30,38-39H,7,16-17,19-21H2,1-2H3,(H,34,41)(H,35,40)/t22-,28-,29+,30-/m1/s1. The maximum atomic E-state index is 13.5. The van der Waals surface area contributed by atoms with Crippen molar-refractivity contribution in [2.45, 2.75) is 44.7 Å². The number of aliphatic hydroxyl groups is 2. The van der Waals surface area contributed by atoms with Gasteiger partial charge in [0, 0.05) is 48.9 Å². The largest absolute Gasteiger partial charge is 0.394 e. The summed E-state index contributed by atoms with van der Waals surface area (Å²) >= 11 is 5.98. The average Bonchev–Trinajstić information content (AvgIpc) is 3.37. The first kappa shape index (κ1) is 31.5. The number of nitrogens with zero attached hydrogens (tertiary/aromatic N) is 2. The number of nitrogens with one attached hydrogen (secondary N) is 2. The molecule has 4 N–H and O–H groups in total. The highest BCUT2D eigenvalue weighted by molar-refractivity contribution is 6.30. The van der Waals surface area contributed by atoms with Gasteiger partial charge < -0.3 is 25.7 Å². The Hall–Kier alpha value is -3.47. The number of carbonyl (C=O) groups is 2. The Bertz CT molecular complexity index is 1310. The quantitative estimate of drug-likeness (QED) is 0.224. The number of hydroxylamine groups is 2. The van der Waals surface area contributed by atoms with Crippen LogP contribution in [0, 0.1) is 5.92 Å². The fourth-order valence-electron chi connectivity index (χ4n) is 5.22. The van der Waals surface area contributed by atoms with Crippen LogP contribution in [-0.2, 0) is 22.7 Å². The smallest absolute Gasteiger partial charge is 0.251 e. The van der Waals surface area contributed by atoms with Gasteiger partial charge in [0.1, 0.15) is 12.1 Å². The van der Waals surface area contributed by atoms with E-state index < -0.39 is 24.2 Å². The van der Waals surface area contributed by atoms with Crippen molar-refractivity contribution in [2.24, 2.45) is 5.92 Å². The summed E-state index contributed by atoms with van der Waals surface area (Å²) in [6.45, 7) is 3.04. The predicted octanol–water partition coefficient (Wildman–Crippen LogP) is 3.39. The van der Waals surface area contributed by atoms with Gasteiger partial charge in [-0.15, -0.1) is 0 Å². The molecule has 0 radical (unpaired) electrons. The lowest BCUT2D eigenvalue weighted by atomic mass is 9.89. The zero-order valence-corrected chi connectivity index (χ0v) is 24.7. The second kappa shape index (κ2) is 15.1. The van der Waals surface area contributed by atoms with Gasteiger partial charge in [0.15, 0.2) is 0 Å². The average molecular weight is 595 g/mol. The minimum absolute atomic E-state index is 0.162. The van der Waals surface area contributed by atoms with Gasteiger partial charge in [0.05, 0.1) is 19.3 Å². The third-order valence-electron chi connectivity index (χ3n) is 7.44. The zero-order valence-electron chi connectivity index (χ0n) is 23.9. The Morgan fingerprint density at radius 1 is 1.02 bits per heavy atom. The monoisotopic (exact) mass is 594 g/mol. The maximum absolute atomic E-state index is 13.5. The van der Waals surface area contributed by atoms with Gasteiger partial charge in [0.2, 0.25) is 5.91 Å². The van der Waals surface area contributed by atoms with E-state index in [4.69, 9.17) is 16.4 Å². The molecule has 224 valence electrons. The van der Waals surface area contributed by atoms with E-state index in [1.54, 1.807) is 24.1 Å². The van der Waals surface area contributed by atoms with Crippen LogP contribution in [0.2, 0.25) is 5.02 Å². The van der Waals surface area contributed by atoms with E-state index in [-0.39, 0.29) is 25.0 Å². The number of carbonyl (C=O) groups excluding carboxylic acids is 2. The lowest BCUT2D eigenvalue weighted by molar-refractivity contribution is -0.181. The van der Waals surface area contributed by atoms with Crippen molar-refractivity contribution in [2.75, 3.05) is 31.6 Å². The summed E-state index contributed by atoms with van der Waals surface area (Å²) in [5, 5.41) is 28.7. The summed E-state index contributed by atoms with van der Waals surface area (Å²) in [4.78, 5) is 34.0. The van der Waals surface area contributed by atoms with E-state index in [2.05, 4.69) is 15.5 Å². The molecule has 0 bridgehead atoms. The highest BCUT2D eigenvalue weighted by Crippen LogP contribution is 2.32. The molecule has 1 saturated heterocycles. The maximum Gasteiger partial charge on any atom is 0.251 e. The Kier molecular flexibility index (Phi) is 11.3. The number of benzene rings is 3. The molecule has 0 spiro atoms. The van der Waals surface area contributed by atoms with E-state index >= 15 is 0 Å². The van der Waals surface area contributed by atoms with Crippen molar-refractivity contribution in [3.8, 4) is 0 Å². The van der Waals surface area contributed by atoms with Gasteiger partial charge in [-0.3, -0.25) is 14.4 Å². The van der Waals surface area contributed by atoms with Gasteiger partial charge in [0.25, 0.3) is 5.91 Å². The summed E-state index contributed by atoms with van der Waals surface area (Å²) in [5.41, 5.74) is 3.38. The first-order chi connectivity index (χ1) is 20.3. The Morgan fingerprint density at radius 2 is 1.74 bits per heavy atom. The van der Waals surface area contributed by atoms with Crippen molar-refractivity contribution in [1.29, 1.82) is 0 Å². The third-order valence-corrected chi connectivity index (χ3v) is 7.69. The van der Waals surface area contributed by atoms with Crippen LogP contribution < -0.4 is 15.5 Å². The Labute approximate surface area is 252 Å². The van der Waals surface area contributed by atoms with Gasteiger partial charge >= 0.3 is 0 Å².